The molecule has 0 fully saturated rings. The summed E-state index contributed by atoms with van der Waals surface area (Å²) in [5.41, 5.74) is 0.850. The molecule has 0 aliphatic heterocycles. The molecule has 0 saturated heterocycles. The first-order chi connectivity index (χ1) is 12.9. The van der Waals surface area contributed by atoms with Crippen molar-refractivity contribution in [2.24, 2.45) is 0 Å². The molecule has 2 aromatic rings. The van der Waals surface area contributed by atoms with E-state index in [1.165, 1.54) is 11.0 Å². The molecule has 1 amide bonds. The summed E-state index contributed by atoms with van der Waals surface area (Å²) in [6, 6.07) is 12.0. The monoisotopic (exact) mass is 411 g/mol. The van der Waals surface area contributed by atoms with Crippen molar-refractivity contribution in [1.29, 1.82) is 0 Å². The van der Waals surface area contributed by atoms with Crippen LogP contribution in [0.1, 0.15) is 5.56 Å². The summed E-state index contributed by atoms with van der Waals surface area (Å²) in [6.45, 7) is -0.426. The highest BCUT2D eigenvalue weighted by molar-refractivity contribution is 6.35. The first-order valence-corrected chi connectivity index (χ1v) is 8.75. The van der Waals surface area contributed by atoms with Crippen LogP contribution in [0.5, 0.6) is 11.5 Å². The summed E-state index contributed by atoms with van der Waals surface area (Å²) in [6.07, 6.45) is 0. The lowest BCUT2D eigenvalue weighted by molar-refractivity contribution is -0.153. The molecule has 27 heavy (non-hydrogen) atoms. The SMILES string of the molecule is COc1ccccc1CN(C)C(=O)COC(=O)COc1ccc(Cl)cc1Cl. The Morgan fingerprint density at radius 2 is 1.78 bits per heavy atom. The average Bonchev–Trinajstić information content (AvgIpc) is 2.65. The fraction of sp³-hybridized carbons (Fsp3) is 0.263. The van der Waals surface area contributed by atoms with Crippen LogP contribution in [-0.4, -0.2) is 44.1 Å². The van der Waals surface area contributed by atoms with E-state index in [4.69, 9.17) is 37.4 Å². The Morgan fingerprint density at radius 3 is 2.48 bits per heavy atom. The van der Waals surface area contributed by atoms with Gasteiger partial charge in [-0.25, -0.2) is 4.79 Å². The van der Waals surface area contributed by atoms with Gasteiger partial charge in [-0.2, -0.15) is 0 Å². The van der Waals surface area contributed by atoms with E-state index in [2.05, 4.69) is 0 Å². The molecule has 0 spiro atoms. The normalized spacial score (nSPS) is 10.2. The van der Waals surface area contributed by atoms with Crippen molar-refractivity contribution in [3.8, 4) is 11.5 Å². The number of carbonyl (C=O) groups is 2. The van der Waals surface area contributed by atoms with Gasteiger partial charge in [0.1, 0.15) is 11.5 Å². The van der Waals surface area contributed by atoms with Crippen LogP contribution in [0.15, 0.2) is 42.5 Å². The van der Waals surface area contributed by atoms with Crippen LogP contribution in [0.3, 0.4) is 0 Å². The number of ether oxygens (including phenoxy) is 3. The zero-order valence-electron chi connectivity index (χ0n) is 14.9. The van der Waals surface area contributed by atoms with Crippen LogP contribution in [0.2, 0.25) is 10.0 Å². The second-order valence-electron chi connectivity index (χ2n) is 5.59. The maximum absolute atomic E-state index is 12.1. The molecule has 0 N–H and O–H groups in total. The highest BCUT2D eigenvalue weighted by Gasteiger charge is 2.15. The van der Waals surface area contributed by atoms with Crippen molar-refractivity contribution in [1.82, 2.24) is 4.90 Å². The van der Waals surface area contributed by atoms with Gasteiger partial charge in [-0.1, -0.05) is 41.4 Å². The van der Waals surface area contributed by atoms with Crippen LogP contribution in [0.4, 0.5) is 0 Å². The largest absolute Gasteiger partial charge is 0.496 e. The Morgan fingerprint density at radius 1 is 1.04 bits per heavy atom. The van der Waals surface area contributed by atoms with Crippen LogP contribution < -0.4 is 9.47 Å². The third-order valence-corrected chi connectivity index (χ3v) is 4.15. The molecule has 0 bridgehead atoms. The van der Waals surface area contributed by atoms with E-state index in [1.54, 1.807) is 26.3 Å². The molecule has 144 valence electrons. The first kappa shape index (κ1) is 20.9. The maximum atomic E-state index is 12.1. The minimum atomic E-state index is -0.681. The summed E-state index contributed by atoms with van der Waals surface area (Å²) in [5.74, 6) is -0.0427. The standard InChI is InChI=1S/C19H19Cl2NO5/c1-22(10-13-5-3-4-6-16(13)25-2)18(23)11-27-19(24)12-26-17-8-7-14(20)9-15(17)21/h3-9H,10-12H2,1-2H3. The molecule has 0 saturated carbocycles. The number of likely N-dealkylation sites (N-methyl/N-ethyl adjacent to an activating group) is 1. The van der Waals surface area contributed by atoms with Gasteiger partial charge in [-0.15, -0.1) is 0 Å². The molecule has 0 aliphatic carbocycles. The van der Waals surface area contributed by atoms with E-state index < -0.39 is 5.97 Å². The van der Waals surface area contributed by atoms with E-state index in [9.17, 15) is 9.59 Å². The lowest BCUT2D eigenvalue weighted by atomic mass is 10.2. The fourth-order valence-corrected chi connectivity index (χ4v) is 2.66. The topological polar surface area (TPSA) is 65.1 Å². The molecule has 0 aromatic heterocycles. The number of esters is 1. The van der Waals surface area contributed by atoms with Gasteiger partial charge in [0.2, 0.25) is 0 Å². The number of carbonyl (C=O) groups excluding carboxylic acids is 2. The summed E-state index contributed by atoms with van der Waals surface area (Å²) in [4.78, 5) is 25.4. The van der Waals surface area contributed by atoms with Crippen molar-refractivity contribution in [3.63, 3.8) is 0 Å². The molecule has 2 aromatic carbocycles. The lowest BCUT2D eigenvalue weighted by Gasteiger charge is -2.18. The second kappa shape index (κ2) is 10.0. The van der Waals surface area contributed by atoms with Gasteiger partial charge in [-0.3, -0.25) is 4.79 Å². The Labute approximate surface area is 167 Å². The van der Waals surface area contributed by atoms with E-state index in [1.807, 2.05) is 24.3 Å². The van der Waals surface area contributed by atoms with Crippen LogP contribution in [0, 0.1) is 0 Å². The van der Waals surface area contributed by atoms with Gasteiger partial charge < -0.3 is 19.1 Å². The van der Waals surface area contributed by atoms with E-state index >= 15 is 0 Å². The summed E-state index contributed by atoms with van der Waals surface area (Å²) in [7, 11) is 3.18. The second-order valence-corrected chi connectivity index (χ2v) is 6.43. The van der Waals surface area contributed by atoms with E-state index in [0.717, 1.165) is 5.56 Å². The zero-order valence-corrected chi connectivity index (χ0v) is 16.4. The van der Waals surface area contributed by atoms with Crippen molar-refractivity contribution in [2.45, 2.75) is 6.54 Å². The average molecular weight is 412 g/mol. The molecular weight excluding hydrogens is 393 g/mol. The highest BCUT2D eigenvalue weighted by atomic mass is 35.5. The van der Waals surface area contributed by atoms with Gasteiger partial charge >= 0.3 is 5.97 Å². The highest BCUT2D eigenvalue weighted by Crippen LogP contribution is 2.27. The number of benzene rings is 2. The molecule has 0 aliphatic rings. The van der Waals surface area contributed by atoms with Gasteiger partial charge in [0.15, 0.2) is 13.2 Å². The maximum Gasteiger partial charge on any atom is 0.344 e. The van der Waals surface area contributed by atoms with Crippen molar-refractivity contribution in [2.75, 3.05) is 27.4 Å². The fourth-order valence-electron chi connectivity index (χ4n) is 2.20. The zero-order chi connectivity index (χ0) is 19.8. The molecule has 2 rings (SSSR count). The minimum Gasteiger partial charge on any atom is -0.496 e. The molecule has 0 radical (unpaired) electrons. The van der Waals surface area contributed by atoms with Gasteiger partial charge in [0.05, 0.1) is 12.1 Å². The third-order valence-electron chi connectivity index (χ3n) is 3.62. The molecule has 0 atom stereocenters. The quantitative estimate of drug-likeness (QED) is 0.621. The number of amides is 1. The van der Waals surface area contributed by atoms with E-state index in [-0.39, 0.29) is 24.1 Å². The molecule has 8 heteroatoms. The number of halogens is 2. The smallest absolute Gasteiger partial charge is 0.344 e. The Bertz CT molecular complexity index is 812. The van der Waals surface area contributed by atoms with Gasteiger partial charge in [0.25, 0.3) is 5.91 Å². The van der Waals surface area contributed by atoms with Crippen molar-refractivity contribution < 1.29 is 23.8 Å². The predicted molar refractivity (Wildman–Crippen MR) is 102 cm³/mol. The third kappa shape index (κ3) is 6.34. The number of methoxy groups -OCH3 is 1. The summed E-state index contributed by atoms with van der Waals surface area (Å²) >= 11 is 11.7. The van der Waals surface area contributed by atoms with Crippen LogP contribution in [0.25, 0.3) is 0 Å². The molecule has 6 nitrogen and oxygen atoms in total. The number of nitrogens with zero attached hydrogens (tertiary/aromatic N) is 1. The molecule has 0 unspecified atom stereocenters. The Kier molecular flexibility index (Phi) is 7.76. The number of hydrogen-bond acceptors (Lipinski definition) is 5. The van der Waals surface area contributed by atoms with Crippen molar-refractivity contribution >= 4 is 35.1 Å². The van der Waals surface area contributed by atoms with Crippen molar-refractivity contribution in [3.05, 3.63) is 58.1 Å². The van der Waals surface area contributed by atoms with Gasteiger partial charge in [-0.05, 0) is 24.3 Å². The molecule has 0 heterocycles. The van der Waals surface area contributed by atoms with E-state index in [0.29, 0.717) is 23.1 Å². The number of rotatable bonds is 8. The number of hydrogen-bond donors (Lipinski definition) is 0. The predicted octanol–water partition coefficient (Wildman–Crippen LogP) is 3.58. The lowest BCUT2D eigenvalue weighted by Crippen LogP contribution is -2.31. The minimum absolute atomic E-state index is 0.280. The number of para-hydroxylation sites is 1. The first-order valence-electron chi connectivity index (χ1n) is 8.00. The Hall–Kier alpha value is -2.44. The Balaban J connectivity index is 1.79. The van der Waals surface area contributed by atoms with Crippen LogP contribution >= 0.6 is 23.2 Å². The summed E-state index contributed by atoms with van der Waals surface area (Å²) < 4.78 is 15.5. The van der Waals surface area contributed by atoms with Crippen LogP contribution in [-0.2, 0) is 20.9 Å². The van der Waals surface area contributed by atoms with Gasteiger partial charge in [0, 0.05) is 24.2 Å². The molecular formula is C19H19Cl2NO5. The summed E-state index contributed by atoms with van der Waals surface area (Å²) in [5, 5.41) is 0.738.